The maximum atomic E-state index is 12.5. The number of carbonyl (C=O) groups excluding carboxylic acids is 1. The van der Waals surface area contributed by atoms with Crippen LogP contribution in [0.2, 0.25) is 0 Å². The number of nitrogens with two attached hydrogens (primary N) is 3. The SMILES string of the molecule is C.C=CB1OC(C)(C)C(C)(C)O1.C=Cc1nn(C2CC(OCc3ccccc3)C2)c2ncnc(N)c12.Fc1ccc2[nH]ccc2c1.Nc1ncnc2c1c(Br)nn2C1CC(OCc2ccccc2)C1.Nc1ncnc2c1c(C=O)nn2C1CC(OCc2ccccc2)C1. The standard InChI is InChI=1S/C18H19N5O.C17H17N5O2.C16H16BrN5O.C8H15BO2.C8H6FN.CH4/c1-2-15-16-17(19)20-11-21-18(16)23(22-15)13-8-14(9-13)24-10-12-6-4-3-5-7-12;18-16-15-14(8-23)21-22(17(15)20-10-19-16)12-6-13(7-12)24-9-11-4-2-1-3-5-11;17-14-13-15(18)19-9-20-16(13)22(21-14)11-6-12(7-11)23-8-10-4-2-1-3-5-10;1-6-9-10-7(2,3)8(4,5)11-9;9-7-1-2-8-6(5-7)3-4-10-8;/h2-7,11,13-14H,1,8-10H2,(H2,19,20,21);1-5,8,10,12-13H,6-7,9H2,(H2,18,19,20);1-5,9,11-12H,6-8H2,(H2,18,19,20);6H,1H2,2-5H3;1-5,10H;1H4. The van der Waals surface area contributed by atoms with Crippen LogP contribution in [-0.4, -0.2) is 107 Å². The fraction of sp³-hybridized carbons (Fsp3) is 0.324. The fourth-order valence-corrected chi connectivity index (χ4v) is 11.5. The Bertz CT molecular complexity index is 4140. The van der Waals surface area contributed by atoms with Gasteiger partial charge in [-0.15, -0.1) is 6.58 Å². The molecule has 1 aliphatic heterocycles. The molecule has 0 radical (unpaired) electrons. The van der Waals surface area contributed by atoms with Gasteiger partial charge in [-0.1, -0.05) is 111 Å². The molecule has 8 heterocycles. The van der Waals surface area contributed by atoms with Crippen molar-refractivity contribution in [1.82, 2.24) is 64.2 Å². The van der Waals surface area contributed by atoms with E-state index in [2.05, 4.69) is 104 Å². The summed E-state index contributed by atoms with van der Waals surface area (Å²) >= 11 is 3.44. The Hall–Kier alpha value is -9.11. The van der Waals surface area contributed by atoms with E-state index < -0.39 is 0 Å². The fourth-order valence-electron chi connectivity index (χ4n) is 11.0. The number of nitrogen functional groups attached to an aromatic ring is 3. The molecule has 4 fully saturated rings. The highest BCUT2D eigenvalue weighted by atomic mass is 79.9. The summed E-state index contributed by atoms with van der Waals surface area (Å²) in [5.74, 6) is 2.66. The lowest BCUT2D eigenvalue weighted by Crippen LogP contribution is -2.41. The second kappa shape index (κ2) is 29.7. The number of hydrogen-bond acceptors (Lipinski definition) is 18. The Morgan fingerprint density at radius 2 is 0.989 bits per heavy atom. The minimum Gasteiger partial charge on any atom is -0.400 e. The lowest BCUT2D eigenvalue weighted by Gasteiger charge is -2.35. The summed E-state index contributed by atoms with van der Waals surface area (Å²) in [5, 5.41) is 16.5. The van der Waals surface area contributed by atoms with Crippen molar-refractivity contribution in [3.8, 4) is 0 Å². The molecule has 7 N–H and O–H groups in total. The Labute approximate surface area is 547 Å². The molecule has 0 atom stereocenters. The third-order valence-corrected chi connectivity index (χ3v) is 17.6. The Kier molecular flexibility index (Phi) is 21.3. The number of hydrogen-bond donors (Lipinski definition) is 4. The smallest absolute Gasteiger partial charge is 0.400 e. The average molecular weight is 1320 g/mol. The van der Waals surface area contributed by atoms with Gasteiger partial charge in [-0.2, -0.15) is 15.3 Å². The Balaban J connectivity index is 0.000000132. The van der Waals surface area contributed by atoms with E-state index in [4.69, 9.17) is 40.7 Å². The summed E-state index contributed by atoms with van der Waals surface area (Å²) in [7, 11) is -0.250. The number of fused-ring (bicyclic) bond motifs is 4. The van der Waals surface area contributed by atoms with E-state index in [-0.39, 0.29) is 73.5 Å². The number of aromatic amines is 1. The first kappa shape index (κ1) is 66.8. The van der Waals surface area contributed by atoms with E-state index in [1.165, 1.54) is 42.2 Å². The van der Waals surface area contributed by atoms with Crippen LogP contribution in [0, 0.1) is 5.82 Å². The first-order valence-electron chi connectivity index (χ1n) is 30.4. The molecular formula is C68H77BBrFN16O6. The maximum Gasteiger partial charge on any atom is 0.486 e. The molecule has 0 amide bonds. The van der Waals surface area contributed by atoms with Crippen LogP contribution in [-0.2, 0) is 43.3 Å². The van der Waals surface area contributed by atoms with Gasteiger partial charge in [0.2, 0.25) is 0 Å². The number of anilines is 3. The average Bonchev–Trinajstić information content (AvgIpc) is 1.68. The topological polar surface area (TPSA) is 288 Å². The quantitative estimate of drug-likeness (QED) is 0.0548. The number of halogens is 2. The zero-order chi connectivity index (χ0) is 64.5. The van der Waals surface area contributed by atoms with Gasteiger partial charge in [0, 0.05) is 17.1 Å². The first-order chi connectivity index (χ1) is 44.5. The monoisotopic (exact) mass is 1320 g/mol. The number of aldehydes is 1. The zero-order valence-electron chi connectivity index (χ0n) is 51.6. The zero-order valence-corrected chi connectivity index (χ0v) is 53.2. The number of carbonyl (C=O) groups is 1. The molecule has 1 saturated heterocycles. The number of aromatic nitrogens is 13. The highest BCUT2D eigenvalue weighted by molar-refractivity contribution is 9.10. The molecule has 22 nitrogen and oxygen atoms in total. The maximum absolute atomic E-state index is 12.5. The second-order valence-corrected chi connectivity index (χ2v) is 24.5. The van der Waals surface area contributed by atoms with Crippen LogP contribution in [0.25, 0.3) is 50.1 Å². The van der Waals surface area contributed by atoms with Crippen LogP contribution >= 0.6 is 15.9 Å². The summed E-state index contributed by atoms with van der Waals surface area (Å²) < 4.78 is 47.8. The summed E-state index contributed by atoms with van der Waals surface area (Å²) in [5.41, 5.74) is 25.0. The van der Waals surface area contributed by atoms with Gasteiger partial charge in [-0.25, -0.2) is 48.3 Å². The molecule has 3 aliphatic carbocycles. The van der Waals surface area contributed by atoms with Crippen molar-refractivity contribution >= 4 is 96.9 Å². The van der Waals surface area contributed by atoms with Gasteiger partial charge in [-0.3, -0.25) is 4.79 Å². The van der Waals surface area contributed by atoms with E-state index in [0.717, 1.165) is 82.8 Å². The van der Waals surface area contributed by atoms with Crippen molar-refractivity contribution in [2.45, 2.75) is 141 Å². The second-order valence-electron chi connectivity index (χ2n) is 23.8. The van der Waals surface area contributed by atoms with Crippen LogP contribution in [0.5, 0.6) is 0 Å². The van der Waals surface area contributed by atoms with Gasteiger partial charge >= 0.3 is 7.12 Å². The van der Waals surface area contributed by atoms with Gasteiger partial charge in [0.25, 0.3) is 0 Å². The number of H-pyrrole nitrogens is 1. The minimum absolute atomic E-state index is 0. The number of benzene rings is 4. The molecule has 25 heteroatoms. The van der Waals surface area contributed by atoms with Gasteiger partial charge in [0.05, 0.1) is 89.3 Å². The van der Waals surface area contributed by atoms with Gasteiger partial charge in [0.15, 0.2) is 23.2 Å². The highest BCUT2D eigenvalue weighted by Gasteiger charge is 2.50. The number of rotatable bonds is 15. The lowest BCUT2D eigenvalue weighted by molar-refractivity contribution is -0.0376. The van der Waals surface area contributed by atoms with E-state index in [0.29, 0.717) is 59.4 Å². The van der Waals surface area contributed by atoms with Crippen molar-refractivity contribution in [2.24, 2.45) is 0 Å². The third kappa shape index (κ3) is 15.4. The van der Waals surface area contributed by atoms with Crippen molar-refractivity contribution in [3.63, 3.8) is 0 Å². The number of ether oxygens (including phenoxy) is 3. The van der Waals surface area contributed by atoms with E-state index in [1.807, 2.05) is 110 Å². The molecule has 7 aromatic heterocycles. The van der Waals surface area contributed by atoms with Crippen molar-refractivity contribution in [2.75, 3.05) is 17.2 Å². The highest BCUT2D eigenvalue weighted by Crippen LogP contribution is 2.41. The minimum atomic E-state index is -0.250. The van der Waals surface area contributed by atoms with Crippen LogP contribution in [0.3, 0.4) is 0 Å². The van der Waals surface area contributed by atoms with Crippen molar-refractivity contribution in [1.29, 1.82) is 0 Å². The number of nitrogens with one attached hydrogen (secondary N) is 1. The number of nitrogens with zero attached hydrogens (tertiary/aromatic N) is 12. The van der Waals surface area contributed by atoms with E-state index in [9.17, 15) is 9.18 Å². The lowest BCUT2D eigenvalue weighted by atomic mass is 9.89. The van der Waals surface area contributed by atoms with Crippen LogP contribution in [0.1, 0.15) is 125 Å². The molecule has 4 aliphatic rings. The predicted molar refractivity (Wildman–Crippen MR) is 364 cm³/mol. The molecule has 11 aromatic rings. The van der Waals surface area contributed by atoms with E-state index >= 15 is 0 Å². The normalized spacial score (nSPS) is 19.7. The molecule has 15 rings (SSSR count). The molecule has 482 valence electrons. The van der Waals surface area contributed by atoms with Crippen LogP contribution < -0.4 is 17.2 Å². The van der Waals surface area contributed by atoms with Crippen molar-refractivity contribution in [3.05, 3.63) is 198 Å². The van der Waals surface area contributed by atoms with E-state index in [1.54, 1.807) is 29.0 Å². The predicted octanol–water partition coefficient (Wildman–Crippen LogP) is 13.0. The Morgan fingerprint density at radius 3 is 1.40 bits per heavy atom. The molecule has 0 bridgehead atoms. The van der Waals surface area contributed by atoms with Crippen molar-refractivity contribution < 1.29 is 32.7 Å². The van der Waals surface area contributed by atoms with Gasteiger partial charge < -0.3 is 45.7 Å². The molecule has 3 saturated carbocycles. The third-order valence-electron chi connectivity index (χ3n) is 17.1. The molecule has 4 aromatic carbocycles. The van der Waals surface area contributed by atoms with Crippen LogP contribution in [0.15, 0.2) is 164 Å². The molecule has 93 heavy (non-hydrogen) atoms. The summed E-state index contributed by atoms with van der Waals surface area (Å²) in [6.07, 6.45) is 14.6. The van der Waals surface area contributed by atoms with Gasteiger partial charge in [-0.05, 0) is 129 Å². The molecule has 0 spiro atoms. The largest absolute Gasteiger partial charge is 0.486 e. The summed E-state index contributed by atoms with van der Waals surface area (Å²) in [6.45, 7) is 17.4. The molecular weight excluding hydrogens is 1250 g/mol. The van der Waals surface area contributed by atoms with Gasteiger partial charge in [0.1, 0.15) is 52.5 Å². The Morgan fingerprint density at radius 1 is 0.591 bits per heavy atom. The summed E-state index contributed by atoms with van der Waals surface area (Å²) in [6, 6.07) is 37.8. The summed E-state index contributed by atoms with van der Waals surface area (Å²) in [4.78, 5) is 39.1. The molecule has 0 unspecified atom stereocenters. The first-order valence-corrected chi connectivity index (χ1v) is 31.2. The van der Waals surface area contributed by atoms with Crippen LogP contribution in [0.4, 0.5) is 21.8 Å².